The zero-order valence-corrected chi connectivity index (χ0v) is 17.1. The first kappa shape index (κ1) is 23.0. The number of pyridine rings is 2. The van der Waals surface area contributed by atoms with Crippen LogP contribution in [0.2, 0.25) is 0 Å². The molecule has 1 N–H and O–H groups in total. The van der Waals surface area contributed by atoms with E-state index in [-0.39, 0.29) is 23.1 Å². The molecular formula is C21H13F6N7. The number of alkyl halides is 6. The molecule has 0 radical (unpaired) electrons. The van der Waals surface area contributed by atoms with Crippen LogP contribution in [-0.4, -0.2) is 24.7 Å². The number of nitriles is 1. The molecule has 0 aliphatic rings. The van der Waals surface area contributed by atoms with Gasteiger partial charge in [-0.15, -0.1) is 0 Å². The molecule has 0 amide bonds. The average Bonchev–Trinajstić information content (AvgIpc) is 3.27. The minimum absolute atomic E-state index is 0.0861. The Kier molecular flexibility index (Phi) is 5.60. The standard InChI is InChI=1S/C21H13F6N7/c1-11(19-31-10-32-34(19)17-3-2-12(8-28)9-30-17)33-18-15-6-13(20(22,23)24)7-16(21(25,26)27)14(15)4-5-29-18/h2-7,9-11H,1H3,(H,29,33). The van der Waals surface area contributed by atoms with Crippen molar-refractivity contribution in [2.75, 3.05) is 5.32 Å². The normalized spacial score (nSPS) is 13.0. The van der Waals surface area contributed by atoms with Gasteiger partial charge < -0.3 is 5.32 Å². The fourth-order valence-corrected chi connectivity index (χ4v) is 3.37. The minimum atomic E-state index is -5.01. The maximum absolute atomic E-state index is 13.5. The molecule has 0 aliphatic carbocycles. The van der Waals surface area contributed by atoms with E-state index >= 15 is 0 Å². The maximum Gasteiger partial charge on any atom is 0.417 e. The summed E-state index contributed by atoms with van der Waals surface area (Å²) in [5.74, 6) is 0.382. The molecule has 0 aliphatic heterocycles. The highest BCUT2D eigenvalue weighted by molar-refractivity contribution is 5.95. The SMILES string of the molecule is CC(Nc1nccc2c(C(F)(F)F)cc(C(F)(F)F)cc12)c1ncnn1-c1ccc(C#N)cn1. The quantitative estimate of drug-likeness (QED) is 0.402. The first-order valence-corrected chi connectivity index (χ1v) is 9.59. The van der Waals surface area contributed by atoms with Gasteiger partial charge >= 0.3 is 12.4 Å². The van der Waals surface area contributed by atoms with Crippen LogP contribution in [0.3, 0.4) is 0 Å². The third-order valence-corrected chi connectivity index (χ3v) is 4.92. The predicted octanol–water partition coefficient (Wildman–Crippen LogP) is 5.29. The highest BCUT2D eigenvalue weighted by atomic mass is 19.4. The molecule has 1 atom stereocenters. The van der Waals surface area contributed by atoms with Crippen LogP contribution < -0.4 is 5.32 Å². The molecule has 3 heterocycles. The summed E-state index contributed by atoms with van der Waals surface area (Å²) in [5, 5.41) is 15.0. The van der Waals surface area contributed by atoms with E-state index in [4.69, 9.17) is 5.26 Å². The molecule has 174 valence electrons. The van der Waals surface area contributed by atoms with Crippen molar-refractivity contribution in [2.24, 2.45) is 0 Å². The number of aromatic nitrogens is 5. The largest absolute Gasteiger partial charge is 0.417 e. The number of benzene rings is 1. The summed E-state index contributed by atoms with van der Waals surface area (Å²) in [6.07, 6.45) is -6.39. The third-order valence-electron chi connectivity index (χ3n) is 4.92. The summed E-state index contributed by atoms with van der Waals surface area (Å²) in [6.45, 7) is 1.59. The number of nitrogens with one attached hydrogen (secondary N) is 1. The van der Waals surface area contributed by atoms with Gasteiger partial charge in [-0.05, 0) is 42.6 Å². The lowest BCUT2D eigenvalue weighted by Crippen LogP contribution is -2.16. The van der Waals surface area contributed by atoms with Crippen molar-refractivity contribution < 1.29 is 26.3 Å². The number of rotatable bonds is 4. The van der Waals surface area contributed by atoms with Crippen molar-refractivity contribution in [3.8, 4) is 11.9 Å². The van der Waals surface area contributed by atoms with E-state index in [1.54, 1.807) is 6.92 Å². The van der Waals surface area contributed by atoms with Gasteiger partial charge in [0, 0.05) is 17.8 Å². The lowest BCUT2D eigenvalue weighted by atomic mass is 10.0. The molecule has 1 aromatic carbocycles. The van der Waals surface area contributed by atoms with Gasteiger partial charge in [-0.2, -0.15) is 41.4 Å². The van der Waals surface area contributed by atoms with Gasteiger partial charge in [-0.25, -0.2) is 15.0 Å². The Morgan fingerprint density at radius 2 is 1.74 bits per heavy atom. The number of hydrogen-bond acceptors (Lipinski definition) is 6. The second-order valence-electron chi connectivity index (χ2n) is 7.19. The highest BCUT2D eigenvalue weighted by Crippen LogP contribution is 2.41. The third kappa shape index (κ3) is 4.34. The smallest absolute Gasteiger partial charge is 0.360 e. The maximum atomic E-state index is 13.5. The Morgan fingerprint density at radius 1 is 0.971 bits per heavy atom. The Morgan fingerprint density at radius 3 is 2.35 bits per heavy atom. The van der Waals surface area contributed by atoms with E-state index in [2.05, 4.69) is 25.4 Å². The van der Waals surface area contributed by atoms with Crippen LogP contribution in [0.5, 0.6) is 0 Å². The fourth-order valence-electron chi connectivity index (χ4n) is 3.37. The summed E-state index contributed by atoms with van der Waals surface area (Å²) in [5.41, 5.74) is -2.54. The Balaban J connectivity index is 1.77. The van der Waals surface area contributed by atoms with Crippen LogP contribution in [0.1, 0.15) is 35.5 Å². The second kappa shape index (κ2) is 8.29. The Bertz CT molecular complexity index is 1380. The average molecular weight is 477 g/mol. The zero-order valence-electron chi connectivity index (χ0n) is 17.1. The molecule has 0 saturated carbocycles. The monoisotopic (exact) mass is 477 g/mol. The topological polar surface area (TPSA) is 92.3 Å². The van der Waals surface area contributed by atoms with Gasteiger partial charge in [-0.1, -0.05) is 0 Å². The minimum Gasteiger partial charge on any atom is -0.360 e. The molecule has 4 rings (SSSR count). The van der Waals surface area contributed by atoms with Crippen molar-refractivity contribution in [1.29, 1.82) is 5.26 Å². The number of fused-ring (bicyclic) bond motifs is 1. The number of halogens is 6. The number of anilines is 1. The van der Waals surface area contributed by atoms with E-state index < -0.39 is 34.9 Å². The van der Waals surface area contributed by atoms with Crippen LogP contribution >= 0.6 is 0 Å². The molecule has 0 saturated heterocycles. The molecule has 0 spiro atoms. The van der Waals surface area contributed by atoms with Crippen LogP contribution in [0, 0.1) is 11.3 Å². The molecule has 0 bridgehead atoms. The molecule has 1 unspecified atom stereocenters. The Hall–Kier alpha value is -4.21. The molecule has 4 aromatic rings. The van der Waals surface area contributed by atoms with E-state index in [0.717, 1.165) is 12.3 Å². The number of nitrogens with zero attached hydrogens (tertiary/aromatic N) is 6. The molecular weight excluding hydrogens is 464 g/mol. The molecule has 0 fully saturated rings. The van der Waals surface area contributed by atoms with Crippen molar-refractivity contribution in [3.63, 3.8) is 0 Å². The van der Waals surface area contributed by atoms with E-state index in [1.165, 1.54) is 29.3 Å². The summed E-state index contributed by atoms with van der Waals surface area (Å²) in [4.78, 5) is 12.2. The summed E-state index contributed by atoms with van der Waals surface area (Å²) in [7, 11) is 0. The lowest BCUT2D eigenvalue weighted by molar-refractivity contribution is -0.142. The van der Waals surface area contributed by atoms with Gasteiger partial charge in [0.2, 0.25) is 0 Å². The first-order chi connectivity index (χ1) is 16.0. The summed E-state index contributed by atoms with van der Waals surface area (Å²) < 4.78 is 82.0. The van der Waals surface area contributed by atoms with Crippen LogP contribution in [-0.2, 0) is 12.4 Å². The van der Waals surface area contributed by atoms with Crippen LogP contribution in [0.15, 0.2) is 49.1 Å². The van der Waals surface area contributed by atoms with Crippen molar-refractivity contribution in [2.45, 2.75) is 25.3 Å². The summed E-state index contributed by atoms with van der Waals surface area (Å²) in [6, 6.07) is 5.93. The van der Waals surface area contributed by atoms with Crippen molar-refractivity contribution in [1.82, 2.24) is 24.7 Å². The van der Waals surface area contributed by atoms with Gasteiger partial charge in [-0.3, -0.25) is 0 Å². The van der Waals surface area contributed by atoms with E-state index in [9.17, 15) is 26.3 Å². The predicted molar refractivity (Wildman–Crippen MR) is 108 cm³/mol. The van der Waals surface area contributed by atoms with Crippen molar-refractivity contribution in [3.05, 3.63) is 71.6 Å². The second-order valence-corrected chi connectivity index (χ2v) is 7.19. The van der Waals surface area contributed by atoms with E-state index in [1.807, 2.05) is 6.07 Å². The van der Waals surface area contributed by atoms with Crippen LogP contribution in [0.4, 0.5) is 32.2 Å². The van der Waals surface area contributed by atoms with Gasteiger partial charge in [0.25, 0.3) is 0 Å². The molecule has 7 nitrogen and oxygen atoms in total. The lowest BCUT2D eigenvalue weighted by Gasteiger charge is -2.19. The molecule has 34 heavy (non-hydrogen) atoms. The first-order valence-electron chi connectivity index (χ1n) is 9.59. The number of hydrogen-bond donors (Lipinski definition) is 1. The van der Waals surface area contributed by atoms with Gasteiger partial charge in [0.05, 0.1) is 22.7 Å². The van der Waals surface area contributed by atoms with Gasteiger partial charge in [0.15, 0.2) is 11.6 Å². The fraction of sp³-hybridized carbons (Fsp3) is 0.190. The van der Waals surface area contributed by atoms with E-state index in [0.29, 0.717) is 17.4 Å². The highest BCUT2D eigenvalue weighted by Gasteiger charge is 2.38. The Labute approximate surface area is 187 Å². The van der Waals surface area contributed by atoms with Crippen LogP contribution in [0.25, 0.3) is 16.6 Å². The molecule has 13 heteroatoms. The van der Waals surface area contributed by atoms with Crippen molar-refractivity contribution >= 4 is 16.6 Å². The van der Waals surface area contributed by atoms with Gasteiger partial charge in [0.1, 0.15) is 18.2 Å². The molecule has 3 aromatic heterocycles. The summed E-state index contributed by atoms with van der Waals surface area (Å²) >= 11 is 0. The zero-order chi connectivity index (χ0) is 24.7.